The predicted octanol–water partition coefficient (Wildman–Crippen LogP) is 2.10. The SMILES string of the molecule is CCOc1cc(/C=C2/C(=O)NC(=O)N(c3cc(C)cc(C)c3)C2=O)cc(I)c1OCC(=O)[O-]. The highest BCUT2D eigenvalue weighted by Crippen LogP contribution is 2.35. The predicted molar refractivity (Wildman–Crippen MR) is 126 cm³/mol. The fourth-order valence-electron chi connectivity index (χ4n) is 3.34. The van der Waals surface area contributed by atoms with Crippen LogP contribution in [0, 0.1) is 17.4 Å². The highest BCUT2D eigenvalue weighted by atomic mass is 127. The molecular formula is C23H20IN2O7-. The molecule has 1 aliphatic heterocycles. The maximum absolute atomic E-state index is 13.2. The monoisotopic (exact) mass is 563 g/mol. The first-order valence-electron chi connectivity index (χ1n) is 9.89. The van der Waals surface area contributed by atoms with E-state index in [-0.39, 0.29) is 23.7 Å². The van der Waals surface area contributed by atoms with Gasteiger partial charge in [-0.3, -0.25) is 14.9 Å². The van der Waals surface area contributed by atoms with E-state index in [1.54, 1.807) is 25.1 Å². The molecule has 1 aliphatic rings. The molecule has 0 spiro atoms. The molecule has 172 valence electrons. The lowest BCUT2D eigenvalue weighted by atomic mass is 10.0. The van der Waals surface area contributed by atoms with Crippen LogP contribution in [-0.4, -0.2) is 37.0 Å². The van der Waals surface area contributed by atoms with Gasteiger partial charge in [0.15, 0.2) is 11.5 Å². The molecule has 0 unspecified atom stereocenters. The van der Waals surface area contributed by atoms with Crippen molar-refractivity contribution in [3.05, 3.63) is 56.2 Å². The van der Waals surface area contributed by atoms with Crippen LogP contribution in [0.4, 0.5) is 10.5 Å². The Kier molecular flexibility index (Phi) is 7.36. The minimum Gasteiger partial charge on any atom is -0.546 e. The van der Waals surface area contributed by atoms with Gasteiger partial charge in [0.2, 0.25) is 0 Å². The van der Waals surface area contributed by atoms with Crippen molar-refractivity contribution in [2.75, 3.05) is 18.1 Å². The maximum atomic E-state index is 13.2. The molecule has 1 heterocycles. The first kappa shape index (κ1) is 24.2. The van der Waals surface area contributed by atoms with Crippen LogP contribution >= 0.6 is 22.6 Å². The number of benzene rings is 2. The van der Waals surface area contributed by atoms with Crippen LogP contribution in [0.15, 0.2) is 35.9 Å². The van der Waals surface area contributed by atoms with Gasteiger partial charge in [-0.05, 0) is 90.4 Å². The third-order valence-corrected chi connectivity index (χ3v) is 5.34. The van der Waals surface area contributed by atoms with E-state index in [0.717, 1.165) is 16.0 Å². The van der Waals surface area contributed by atoms with E-state index in [4.69, 9.17) is 9.47 Å². The second-order valence-corrected chi connectivity index (χ2v) is 8.39. The molecule has 9 nitrogen and oxygen atoms in total. The third-order valence-electron chi connectivity index (χ3n) is 4.54. The van der Waals surface area contributed by atoms with Crippen molar-refractivity contribution >= 4 is 58.2 Å². The molecule has 3 rings (SSSR count). The van der Waals surface area contributed by atoms with Crippen LogP contribution in [0.2, 0.25) is 0 Å². The number of anilines is 1. The van der Waals surface area contributed by atoms with Crippen LogP contribution < -0.4 is 24.8 Å². The molecule has 0 saturated carbocycles. The first-order chi connectivity index (χ1) is 15.6. The summed E-state index contributed by atoms with van der Waals surface area (Å²) >= 11 is 1.93. The second-order valence-electron chi connectivity index (χ2n) is 7.23. The largest absolute Gasteiger partial charge is 0.546 e. The summed E-state index contributed by atoms with van der Waals surface area (Å²) in [4.78, 5) is 49.8. The molecule has 1 saturated heterocycles. The fraction of sp³-hybridized carbons (Fsp3) is 0.217. The number of aryl methyl sites for hydroxylation is 2. The number of hydrogen-bond donors (Lipinski definition) is 1. The molecule has 0 aromatic heterocycles. The minimum atomic E-state index is -1.39. The van der Waals surface area contributed by atoms with Crippen molar-refractivity contribution < 1.29 is 33.8 Å². The maximum Gasteiger partial charge on any atom is 0.335 e. The number of nitrogens with one attached hydrogen (secondary N) is 1. The van der Waals surface area contributed by atoms with Gasteiger partial charge in [0, 0.05) is 0 Å². The summed E-state index contributed by atoms with van der Waals surface area (Å²) in [5, 5.41) is 13.0. The summed E-state index contributed by atoms with van der Waals surface area (Å²) in [6.07, 6.45) is 1.34. The third kappa shape index (κ3) is 5.51. The van der Waals surface area contributed by atoms with Gasteiger partial charge < -0.3 is 19.4 Å². The molecule has 10 heteroatoms. The number of carboxylic acid groups (broad SMARTS) is 1. The van der Waals surface area contributed by atoms with Gasteiger partial charge in [0.25, 0.3) is 11.8 Å². The molecule has 33 heavy (non-hydrogen) atoms. The lowest BCUT2D eigenvalue weighted by Crippen LogP contribution is -2.54. The Morgan fingerprint density at radius 3 is 2.36 bits per heavy atom. The van der Waals surface area contributed by atoms with E-state index in [1.165, 1.54) is 12.1 Å². The van der Waals surface area contributed by atoms with Crippen molar-refractivity contribution in [2.45, 2.75) is 20.8 Å². The van der Waals surface area contributed by atoms with Crippen molar-refractivity contribution in [1.82, 2.24) is 5.32 Å². The van der Waals surface area contributed by atoms with E-state index >= 15 is 0 Å². The van der Waals surface area contributed by atoms with E-state index in [1.807, 2.05) is 42.5 Å². The number of imide groups is 2. The number of urea groups is 1. The number of nitrogens with zero attached hydrogens (tertiary/aromatic N) is 1. The zero-order valence-corrected chi connectivity index (χ0v) is 20.2. The smallest absolute Gasteiger partial charge is 0.335 e. The van der Waals surface area contributed by atoms with Crippen molar-refractivity contribution in [2.24, 2.45) is 0 Å². The molecule has 2 aromatic carbocycles. The quantitative estimate of drug-likeness (QED) is 0.311. The van der Waals surface area contributed by atoms with E-state index < -0.39 is 30.4 Å². The van der Waals surface area contributed by atoms with Crippen LogP contribution in [-0.2, 0) is 14.4 Å². The first-order valence-corrected chi connectivity index (χ1v) is 11.0. The Bertz CT molecular complexity index is 1170. The summed E-state index contributed by atoms with van der Waals surface area (Å²) in [7, 11) is 0. The molecule has 0 atom stereocenters. The Morgan fingerprint density at radius 1 is 1.09 bits per heavy atom. The lowest BCUT2D eigenvalue weighted by Gasteiger charge is -2.27. The van der Waals surface area contributed by atoms with Gasteiger partial charge in [0.05, 0.1) is 21.8 Å². The number of hydrogen-bond acceptors (Lipinski definition) is 7. The molecule has 0 bridgehead atoms. The minimum absolute atomic E-state index is 0.204. The number of carbonyl (C=O) groups is 4. The molecule has 1 fully saturated rings. The van der Waals surface area contributed by atoms with Gasteiger partial charge in [-0.25, -0.2) is 9.69 Å². The second kappa shape index (κ2) is 10.0. The van der Waals surface area contributed by atoms with Gasteiger partial charge in [-0.2, -0.15) is 0 Å². The zero-order chi connectivity index (χ0) is 24.3. The van der Waals surface area contributed by atoms with E-state index in [0.29, 0.717) is 14.8 Å². The molecule has 0 aliphatic carbocycles. The Hall–Kier alpha value is -3.41. The molecule has 4 amide bonds. The average Bonchev–Trinajstić information content (AvgIpc) is 2.69. The highest BCUT2D eigenvalue weighted by molar-refractivity contribution is 14.1. The summed E-state index contributed by atoms with van der Waals surface area (Å²) in [5.74, 6) is -2.53. The molecular weight excluding hydrogens is 543 g/mol. The van der Waals surface area contributed by atoms with Crippen LogP contribution in [0.1, 0.15) is 23.6 Å². The number of barbiturate groups is 1. The number of aliphatic carboxylic acids is 1. The molecule has 0 radical (unpaired) electrons. The van der Waals surface area contributed by atoms with Gasteiger partial charge in [-0.15, -0.1) is 0 Å². The van der Waals surface area contributed by atoms with Crippen molar-refractivity contribution in [3.8, 4) is 11.5 Å². The van der Waals surface area contributed by atoms with Crippen molar-refractivity contribution in [1.29, 1.82) is 0 Å². The number of carbonyl (C=O) groups excluding carboxylic acids is 4. The number of ether oxygens (including phenoxy) is 2. The molecule has 2 aromatic rings. The van der Waals surface area contributed by atoms with E-state index in [9.17, 15) is 24.3 Å². The summed E-state index contributed by atoms with van der Waals surface area (Å²) in [5.41, 5.74) is 2.25. The van der Waals surface area contributed by atoms with Crippen LogP contribution in [0.5, 0.6) is 11.5 Å². The Balaban J connectivity index is 2.03. The highest BCUT2D eigenvalue weighted by Gasteiger charge is 2.37. The number of rotatable bonds is 7. The number of halogens is 1. The normalized spacial score (nSPS) is 15.0. The standard InChI is InChI=1S/C23H21IN2O7/c1-4-32-18-10-14(9-17(24)20(18)33-11-19(27)28)8-16-21(29)25-23(31)26(22(16)30)15-6-12(2)5-13(3)7-15/h5-10H,4,11H2,1-3H3,(H,27,28)(H,25,29,31)/p-1/b16-8-. The topological polar surface area (TPSA) is 125 Å². The summed E-state index contributed by atoms with van der Waals surface area (Å²) in [6, 6.07) is 7.54. The molecule has 1 N–H and O–H groups in total. The Morgan fingerprint density at radius 2 is 1.76 bits per heavy atom. The van der Waals surface area contributed by atoms with E-state index in [2.05, 4.69) is 5.32 Å². The Labute approximate surface area is 203 Å². The number of amides is 4. The van der Waals surface area contributed by atoms with Crippen LogP contribution in [0.3, 0.4) is 0 Å². The number of carboxylic acids is 1. The van der Waals surface area contributed by atoms with Crippen molar-refractivity contribution in [3.63, 3.8) is 0 Å². The summed E-state index contributed by atoms with van der Waals surface area (Å²) < 4.78 is 11.3. The van der Waals surface area contributed by atoms with Crippen LogP contribution in [0.25, 0.3) is 6.08 Å². The van der Waals surface area contributed by atoms with Gasteiger partial charge in [0.1, 0.15) is 12.2 Å². The average molecular weight is 563 g/mol. The van der Waals surface area contributed by atoms with Gasteiger partial charge in [-0.1, -0.05) is 6.07 Å². The lowest BCUT2D eigenvalue weighted by molar-refractivity contribution is -0.307. The fourth-order valence-corrected chi connectivity index (χ4v) is 4.12. The summed E-state index contributed by atoms with van der Waals surface area (Å²) in [6.45, 7) is 5.03. The zero-order valence-electron chi connectivity index (χ0n) is 18.1. The van der Waals surface area contributed by atoms with Gasteiger partial charge >= 0.3 is 6.03 Å².